The minimum absolute atomic E-state index is 0.0663. The molecule has 7 heteroatoms. The number of amides is 1. The van der Waals surface area contributed by atoms with Crippen molar-refractivity contribution in [3.63, 3.8) is 0 Å². The van der Waals surface area contributed by atoms with Gasteiger partial charge in [0.1, 0.15) is 5.75 Å². The van der Waals surface area contributed by atoms with Gasteiger partial charge in [-0.15, -0.1) is 0 Å². The quantitative estimate of drug-likeness (QED) is 0.777. The van der Waals surface area contributed by atoms with Crippen LogP contribution >= 0.6 is 0 Å². The van der Waals surface area contributed by atoms with Gasteiger partial charge in [0.2, 0.25) is 15.9 Å². The van der Waals surface area contributed by atoms with Gasteiger partial charge in [0.05, 0.1) is 12.9 Å². The van der Waals surface area contributed by atoms with Crippen LogP contribution in [0.15, 0.2) is 24.3 Å². The number of carbonyl (C=O) groups is 1. The molecule has 1 amide bonds. The summed E-state index contributed by atoms with van der Waals surface area (Å²) in [7, 11) is -1.56. The van der Waals surface area contributed by atoms with Crippen molar-refractivity contribution in [3.05, 3.63) is 29.8 Å². The van der Waals surface area contributed by atoms with Crippen molar-refractivity contribution in [1.82, 2.24) is 9.21 Å². The maximum Gasteiger partial charge on any atom is 0.222 e. The van der Waals surface area contributed by atoms with Gasteiger partial charge in [-0.2, -0.15) is 0 Å². The molecule has 1 aromatic carbocycles. The van der Waals surface area contributed by atoms with Gasteiger partial charge >= 0.3 is 0 Å². The van der Waals surface area contributed by atoms with E-state index in [2.05, 4.69) is 0 Å². The molecule has 0 spiro atoms. The van der Waals surface area contributed by atoms with Crippen LogP contribution in [-0.2, 0) is 21.2 Å². The number of ether oxygens (including phenoxy) is 1. The van der Waals surface area contributed by atoms with Crippen LogP contribution in [0, 0.1) is 0 Å². The topological polar surface area (TPSA) is 66.9 Å². The molecule has 1 fully saturated rings. The first kappa shape index (κ1) is 18.7. The van der Waals surface area contributed by atoms with Crippen LogP contribution in [-0.4, -0.2) is 62.6 Å². The van der Waals surface area contributed by atoms with Gasteiger partial charge in [-0.1, -0.05) is 18.2 Å². The highest BCUT2D eigenvalue weighted by Crippen LogP contribution is 2.19. The van der Waals surface area contributed by atoms with Crippen LogP contribution in [0.2, 0.25) is 0 Å². The lowest BCUT2D eigenvalue weighted by Crippen LogP contribution is -2.38. The predicted octanol–water partition coefficient (Wildman–Crippen LogP) is 1.51. The Labute approximate surface area is 144 Å². The lowest BCUT2D eigenvalue weighted by Gasteiger charge is -2.21. The van der Waals surface area contributed by atoms with Gasteiger partial charge in [-0.3, -0.25) is 4.79 Å². The highest BCUT2D eigenvalue weighted by atomic mass is 32.2. The number of nitrogens with zero attached hydrogens (tertiary/aromatic N) is 2. The van der Waals surface area contributed by atoms with Crippen molar-refractivity contribution in [2.75, 3.05) is 39.0 Å². The molecule has 0 aromatic heterocycles. The van der Waals surface area contributed by atoms with Crippen molar-refractivity contribution in [1.29, 1.82) is 0 Å². The van der Waals surface area contributed by atoms with Crippen LogP contribution in [0.25, 0.3) is 0 Å². The Morgan fingerprint density at radius 1 is 1.17 bits per heavy atom. The summed E-state index contributed by atoms with van der Waals surface area (Å²) in [4.78, 5) is 14.2. The molecule has 24 heavy (non-hydrogen) atoms. The number of rotatable bonds is 6. The molecule has 0 atom stereocenters. The normalized spacial score (nSPS) is 16.7. The fourth-order valence-electron chi connectivity index (χ4n) is 2.91. The molecule has 2 rings (SSSR count). The minimum Gasteiger partial charge on any atom is -0.496 e. The van der Waals surface area contributed by atoms with Crippen molar-refractivity contribution in [2.24, 2.45) is 0 Å². The van der Waals surface area contributed by atoms with E-state index in [-0.39, 0.29) is 11.7 Å². The predicted molar refractivity (Wildman–Crippen MR) is 93.5 cm³/mol. The zero-order valence-corrected chi connectivity index (χ0v) is 15.2. The number of para-hydroxylation sites is 1. The first-order chi connectivity index (χ1) is 11.5. The zero-order valence-electron chi connectivity index (χ0n) is 14.4. The second-order valence-electron chi connectivity index (χ2n) is 5.85. The van der Waals surface area contributed by atoms with Crippen molar-refractivity contribution in [3.8, 4) is 5.75 Å². The minimum atomic E-state index is -3.18. The summed E-state index contributed by atoms with van der Waals surface area (Å²) in [6, 6.07) is 7.69. The van der Waals surface area contributed by atoms with Gasteiger partial charge in [0, 0.05) is 32.6 Å². The summed E-state index contributed by atoms with van der Waals surface area (Å²) in [5, 5.41) is 0. The Hall–Kier alpha value is -1.60. The van der Waals surface area contributed by atoms with Gasteiger partial charge in [0.15, 0.2) is 0 Å². The van der Waals surface area contributed by atoms with Crippen molar-refractivity contribution >= 4 is 15.9 Å². The molecule has 0 bridgehead atoms. The summed E-state index contributed by atoms with van der Waals surface area (Å²) in [6.07, 6.45) is 1.71. The van der Waals surface area contributed by atoms with Gasteiger partial charge in [-0.05, 0) is 31.4 Å². The molecule has 1 aliphatic heterocycles. The number of sulfonamides is 1. The first-order valence-electron chi connectivity index (χ1n) is 8.35. The van der Waals surface area contributed by atoms with Crippen molar-refractivity contribution in [2.45, 2.75) is 26.2 Å². The average Bonchev–Trinajstić information content (AvgIpc) is 2.86. The zero-order chi connectivity index (χ0) is 17.6. The summed E-state index contributed by atoms with van der Waals surface area (Å²) in [6.45, 7) is 3.60. The van der Waals surface area contributed by atoms with E-state index in [4.69, 9.17) is 4.74 Å². The maximum absolute atomic E-state index is 12.5. The van der Waals surface area contributed by atoms with Crippen LogP contribution < -0.4 is 4.74 Å². The van der Waals surface area contributed by atoms with Gasteiger partial charge in [0.25, 0.3) is 0 Å². The van der Waals surface area contributed by atoms with E-state index in [1.54, 1.807) is 18.9 Å². The largest absolute Gasteiger partial charge is 0.496 e. The molecule has 0 unspecified atom stereocenters. The van der Waals surface area contributed by atoms with Crippen LogP contribution in [0.1, 0.15) is 25.3 Å². The van der Waals surface area contributed by atoms with Gasteiger partial charge in [-0.25, -0.2) is 12.7 Å². The van der Waals surface area contributed by atoms with E-state index in [1.165, 1.54) is 4.31 Å². The Kier molecular flexibility index (Phi) is 6.62. The van der Waals surface area contributed by atoms with E-state index < -0.39 is 10.0 Å². The molecule has 1 heterocycles. The molecule has 1 saturated heterocycles. The second kappa shape index (κ2) is 8.48. The standard InChI is InChI=1S/C17H26N2O4S/c1-3-24(21,22)19-12-6-11-18(13-14-19)17(20)10-9-15-7-4-5-8-16(15)23-2/h4-5,7-8H,3,6,9-14H2,1-2H3. The average molecular weight is 354 g/mol. The van der Waals surface area contributed by atoms with E-state index in [0.717, 1.165) is 11.3 Å². The summed E-state index contributed by atoms with van der Waals surface area (Å²) in [5.41, 5.74) is 1.01. The Bertz CT molecular complexity index is 660. The third-order valence-electron chi connectivity index (χ3n) is 4.37. The van der Waals surface area contributed by atoms with Crippen molar-refractivity contribution < 1.29 is 17.9 Å². The SMILES string of the molecule is CCS(=O)(=O)N1CCCN(C(=O)CCc2ccccc2OC)CC1. The molecular formula is C17H26N2O4S. The van der Waals surface area contributed by atoms with E-state index >= 15 is 0 Å². The summed E-state index contributed by atoms with van der Waals surface area (Å²) in [5.74, 6) is 0.965. The molecule has 0 radical (unpaired) electrons. The van der Waals surface area contributed by atoms with Gasteiger partial charge < -0.3 is 9.64 Å². The number of hydrogen-bond acceptors (Lipinski definition) is 4. The fraction of sp³-hybridized carbons (Fsp3) is 0.588. The second-order valence-corrected chi connectivity index (χ2v) is 8.10. The van der Waals surface area contributed by atoms with E-state index in [1.807, 2.05) is 24.3 Å². The first-order valence-corrected chi connectivity index (χ1v) is 9.96. The van der Waals surface area contributed by atoms with E-state index in [0.29, 0.717) is 45.4 Å². The number of methoxy groups -OCH3 is 1. The molecule has 0 aliphatic carbocycles. The highest BCUT2D eigenvalue weighted by molar-refractivity contribution is 7.89. The third-order valence-corrected chi connectivity index (χ3v) is 6.25. The van der Waals surface area contributed by atoms with Crippen LogP contribution in [0.3, 0.4) is 0 Å². The smallest absolute Gasteiger partial charge is 0.222 e. The number of hydrogen-bond donors (Lipinski definition) is 0. The Morgan fingerprint density at radius 2 is 1.92 bits per heavy atom. The summed E-state index contributed by atoms with van der Waals surface area (Å²) < 4.78 is 30.8. The molecular weight excluding hydrogens is 328 g/mol. The van der Waals surface area contributed by atoms with E-state index in [9.17, 15) is 13.2 Å². The molecule has 0 N–H and O–H groups in total. The molecule has 0 saturated carbocycles. The Morgan fingerprint density at radius 3 is 2.62 bits per heavy atom. The number of aryl methyl sites for hydroxylation is 1. The highest BCUT2D eigenvalue weighted by Gasteiger charge is 2.25. The van der Waals surface area contributed by atoms with Crippen LogP contribution in [0.4, 0.5) is 0 Å². The molecule has 1 aliphatic rings. The maximum atomic E-state index is 12.5. The Balaban J connectivity index is 1.91. The monoisotopic (exact) mass is 354 g/mol. The number of carbonyl (C=O) groups excluding carboxylic acids is 1. The van der Waals surface area contributed by atoms with Crippen LogP contribution in [0.5, 0.6) is 5.75 Å². The number of benzene rings is 1. The lowest BCUT2D eigenvalue weighted by molar-refractivity contribution is -0.131. The summed E-state index contributed by atoms with van der Waals surface area (Å²) >= 11 is 0. The lowest BCUT2D eigenvalue weighted by atomic mass is 10.1. The third kappa shape index (κ3) is 4.70. The molecule has 134 valence electrons. The molecule has 6 nitrogen and oxygen atoms in total. The molecule has 1 aromatic rings. The fourth-order valence-corrected chi connectivity index (χ4v) is 4.05.